The van der Waals surface area contributed by atoms with Crippen molar-refractivity contribution in [2.45, 2.75) is 38.1 Å². The molecule has 2 aromatic heterocycles. The zero-order valence-electron chi connectivity index (χ0n) is 21.9. The van der Waals surface area contributed by atoms with Crippen LogP contribution in [0.4, 0.5) is 11.5 Å². The van der Waals surface area contributed by atoms with Crippen molar-refractivity contribution in [2.24, 2.45) is 5.92 Å². The van der Waals surface area contributed by atoms with Crippen LogP contribution in [0.2, 0.25) is 5.02 Å². The number of rotatable bonds is 8. The van der Waals surface area contributed by atoms with Gasteiger partial charge in [-0.25, -0.2) is 4.98 Å². The van der Waals surface area contributed by atoms with Gasteiger partial charge in [0.1, 0.15) is 5.82 Å². The normalized spacial score (nSPS) is 14.3. The molecule has 2 N–H and O–H groups in total. The number of benzene rings is 3. The first-order valence-corrected chi connectivity index (χ1v) is 14.7. The molecule has 1 aliphatic carbocycles. The smallest absolute Gasteiger partial charge is 0.232 e. The van der Waals surface area contributed by atoms with Crippen molar-refractivity contribution >= 4 is 50.6 Å². The van der Waals surface area contributed by atoms with Gasteiger partial charge in [-0.1, -0.05) is 85.1 Å². The van der Waals surface area contributed by atoms with Crippen molar-refractivity contribution < 1.29 is 4.79 Å². The van der Waals surface area contributed by atoms with Crippen LogP contribution in [-0.2, 0) is 11.3 Å². The van der Waals surface area contributed by atoms with Crippen LogP contribution in [0.5, 0.6) is 0 Å². The number of fused-ring (bicyclic) bond motifs is 1. The molecule has 1 unspecified atom stereocenters. The van der Waals surface area contributed by atoms with Crippen LogP contribution in [0.1, 0.15) is 42.7 Å². The van der Waals surface area contributed by atoms with Crippen molar-refractivity contribution in [1.29, 1.82) is 0 Å². The summed E-state index contributed by atoms with van der Waals surface area (Å²) in [5.74, 6) is 1.08. The molecule has 8 heteroatoms. The van der Waals surface area contributed by atoms with E-state index in [9.17, 15) is 4.79 Å². The fourth-order valence-electron chi connectivity index (χ4n) is 5.63. The molecule has 6 rings (SSSR count). The van der Waals surface area contributed by atoms with Crippen LogP contribution in [0.25, 0.3) is 16.9 Å². The van der Waals surface area contributed by atoms with Crippen molar-refractivity contribution in [3.8, 4) is 11.3 Å². The Hall–Kier alpha value is -3.68. The molecule has 0 spiro atoms. The zero-order chi connectivity index (χ0) is 27.5. The van der Waals surface area contributed by atoms with Crippen molar-refractivity contribution in [3.05, 3.63) is 112 Å². The molecule has 40 heavy (non-hydrogen) atoms. The number of aromatic nitrogens is 3. The number of nitrogens with one attached hydrogen (secondary N) is 2. The highest BCUT2D eigenvalue weighted by molar-refractivity contribution is 9.10. The van der Waals surface area contributed by atoms with Crippen LogP contribution in [0, 0.1) is 5.92 Å². The highest BCUT2D eigenvalue weighted by atomic mass is 79.9. The fourth-order valence-corrected chi connectivity index (χ4v) is 6.21. The summed E-state index contributed by atoms with van der Waals surface area (Å²) in [5, 5.41) is 11.8. The molecule has 0 radical (unpaired) electrons. The minimum absolute atomic E-state index is 0.0600. The predicted octanol–water partition coefficient (Wildman–Crippen LogP) is 8.34. The number of anilines is 2. The Morgan fingerprint density at radius 2 is 1.77 bits per heavy atom. The highest BCUT2D eigenvalue weighted by Crippen LogP contribution is 2.38. The first-order valence-electron chi connectivity index (χ1n) is 13.5. The van der Waals surface area contributed by atoms with Gasteiger partial charge in [-0.2, -0.15) is 9.61 Å². The van der Waals surface area contributed by atoms with Crippen LogP contribution in [0.3, 0.4) is 0 Å². The van der Waals surface area contributed by atoms with Crippen LogP contribution in [0.15, 0.2) is 95.6 Å². The summed E-state index contributed by atoms with van der Waals surface area (Å²) >= 11 is 10.0. The SMILES string of the molecule is O=C(Nc1cccc(CNc2cc(-c3ccccc3Cl)nc3c(Br)cnn23)c1)C(c1ccccc1)C1CCCC1. The molecule has 2 heterocycles. The number of carbonyl (C=O) groups excluding carboxylic acids is 1. The molecular formula is C32H29BrClN5O. The molecule has 1 amide bonds. The molecule has 0 saturated heterocycles. The Balaban J connectivity index is 1.22. The first kappa shape index (κ1) is 26.5. The predicted molar refractivity (Wildman–Crippen MR) is 165 cm³/mol. The third-order valence-corrected chi connectivity index (χ3v) is 8.45. The van der Waals surface area contributed by atoms with E-state index in [2.05, 4.69) is 43.8 Å². The molecule has 1 aliphatic rings. The van der Waals surface area contributed by atoms with E-state index >= 15 is 0 Å². The van der Waals surface area contributed by atoms with Gasteiger partial charge < -0.3 is 10.6 Å². The van der Waals surface area contributed by atoms with E-state index in [0.717, 1.165) is 51.2 Å². The maximum atomic E-state index is 13.6. The number of carbonyl (C=O) groups is 1. The summed E-state index contributed by atoms with van der Waals surface area (Å²) in [7, 11) is 0. The van der Waals surface area contributed by atoms with Gasteiger partial charge in [0.05, 0.1) is 22.3 Å². The fraction of sp³-hybridized carbons (Fsp3) is 0.219. The van der Waals surface area contributed by atoms with E-state index in [4.69, 9.17) is 16.6 Å². The van der Waals surface area contributed by atoms with Gasteiger partial charge in [0.2, 0.25) is 5.91 Å². The third kappa shape index (κ3) is 5.62. The summed E-state index contributed by atoms with van der Waals surface area (Å²) in [4.78, 5) is 18.4. The van der Waals surface area contributed by atoms with Crippen LogP contribution in [-0.4, -0.2) is 20.5 Å². The summed E-state index contributed by atoms with van der Waals surface area (Å²) in [6, 6.07) is 27.8. The number of amides is 1. The molecule has 1 saturated carbocycles. The topological polar surface area (TPSA) is 71.3 Å². The van der Waals surface area contributed by atoms with Crippen molar-refractivity contribution in [3.63, 3.8) is 0 Å². The Labute approximate surface area is 246 Å². The van der Waals surface area contributed by atoms with Crippen LogP contribution >= 0.6 is 27.5 Å². The summed E-state index contributed by atoms with van der Waals surface area (Å²) in [5.41, 5.74) is 5.21. The molecular weight excluding hydrogens is 586 g/mol. The molecule has 0 bridgehead atoms. The minimum atomic E-state index is -0.142. The molecule has 3 aromatic carbocycles. The number of hydrogen-bond acceptors (Lipinski definition) is 4. The second kappa shape index (κ2) is 11.8. The standard InChI is InChI=1S/C32H29BrClN5O/c33-26-20-36-39-29(18-28(38-31(26)39)25-15-6-7-16-27(25)34)35-19-21-9-8-14-24(17-21)37-32(40)30(23-12-4-5-13-23)22-10-2-1-3-11-22/h1-3,6-11,14-18,20,23,30,35H,4-5,12-13,19H2,(H,37,40). The molecule has 0 aliphatic heterocycles. The van der Waals surface area contributed by atoms with E-state index < -0.39 is 0 Å². The monoisotopic (exact) mass is 613 g/mol. The third-order valence-electron chi connectivity index (χ3n) is 7.56. The van der Waals surface area contributed by atoms with Gasteiger partial charge in [-0.15, -0.1) is 0 Å². The Morgan fingerprint density at radius 3 is 2.58 bits per heavy atom. The maximum absolute atomic E-state index is 13.6. The van der Waals surface area contributed by atoms with Crippen molar-refractivity contribution in [2.75, 3.05) is 10.6 Å². The molecule has 1 fully saturated rings. The lowest BCUT2D eigenvalue weighted by Gasteiger charge is -2.23. The van der Waals surface area contributed by atoms with Gasteiger partial charge >= 0.3 is 0 Å². The summed E-state index contributed by atoms with van der Waals surface area (Å²) in [6.07, 6.45) is 6.30. The number of halogens is 2. The molecule has 5 aromatic rings. The van der Waals surface area contributed by atoms with Gasteiger partial charge in [0.15, 0.2) is 5.65 Å². The van der Waals surface area contributed by atoms with Gasteiger partial charge in [-0.05, 0) is 64.0 Å². The second-order valence-electron chi connectivity index (χ2n) is 10.2. The largest absolute Gasteiger partial charge is 0.366 e. The lowest BCUT2D eigenvalue weighted by atomic mass is 9.84. The average molecular weight is 615 g/mol. The molecule has 1 atom stereocenters. The quantitative estimate of drug-likeness (QED) is 0.184. The maximum Gasteiger partial charge on any atom is 0.232 e. The van der Waals surface area contributed by atoms with E-state index in [1.807, 2.05) is 72.8 Å². The van der Waals surface area contributed by atoms with E-state index in [1.54, 1.807) is 10.7 Å². The zero-order valence-corrected chi connectivity index (χ0v) is 24.2. The second-order valence-corrected chi connectivity index (χ2v) is 11.5. The number of hydrogen-bond donors (Lipinski definition) is 2. The summed E-state index contributed by atoms with van der Waals surface area (Å²) in [6.45, 7) is 0.535. The highest BCUT2D eigenvalue weighted by Gasteiger charge is 2.32. The van der Waals surface area contributed by atoms with E-state index in [0.29, 0.717) is 23.1 Å². The lowest BCUT2D eigenvalue weighted by Crippen LogP contribution is -2.26. The first-order chi connectivity index (χ1) is 19.6. The molecule has 202 valence electrons. The Morgan fingerprint density at radius 1 is 1.00 bits per heavy atom. The van der Waals surface area contributed by atoms with Crippen LogP contribution < -0.4 is 10.6 Å². The van der Waals surface area contributed by atoms with Crippen molar-refractivity contribution in [1.82, 2.24) is 14.6 Å². The minimum Gasteiger partial charge on any atom is -0.366 e. The Kier molecular flexibility index (Phi) is 7.84. The van der Waals surface area contributed by atoms with E-state index in [1.165, 1.54) is 12.8 Å². The van der Waals surface area contributed by atoms with E-state index in [-0.39, 0.29) is 11.8 Å². The lowest BCUT2D eigenvalue weighted by molar-refractivity contribution is -0.118. The number of nitrogens with zero attached hydrogens (tertiary/aromatic N) is 3. The van der Waals surface area contributed by atoms with Gasteiger partial charge in [-0.3, -0.25) is 4.79 Å². The Bertz CT molecular complexity index is 1650. The summed E-state index contributed by atoms with van der Waals surface area (Å²) < 4.78 is 2.56. The average Bonchev–Trinajstić information content (AvgIpc) is 3.63. The molecule has 6 nitrogen and oxygen atoms in total. The van der Waals surface area contributed by atoms with Gasteiger partial charge in [0, 0.05) is 28.9 Å². The van der Waals surface area contributed by atoms with Gasteiger partial charge in [0.25, 0.3) is 0 Å².